The van der Waals surface area contributed by atoms with Crippen LogP contribution in [0.5, 0.6) is 0 Å². The molecule has 2 aliphatic carbocycles. The van der Waals surface area contributed by atoms with Crippen LogP contribution in [-0.2, 0) is 4.74 Å². The third-order valence-electron chi connectivity index (χ3n) is 3.75. The van der Waals surface area contributed by atoms with E-state index in [-0.39, 0.29) is 0 Å². The van der Waals surface area contributed by atoms with E-state index in [2.05, 4.69) is 24.3 Å². The van der Waals surface area contributed by atoms with Crippen molar-refractivity contribution in [2.45, 2.75) is 19.3 Å². The molecular weight excluding hydrogens is 186 g/mol. The Hall–Kier alpha value is -1.18. The van der Waals surface area contributed by atoms with Gasteiger partial charge in [-0.25, -0.2) is 0 Å². The van der Waals surface area contributed by atoms with Crippen LogP contribution in [0.1, 0.15) is 19.3 Å². The predicted molar refractivity (Wildman–Crippen MR) is 59.8 cm³/mol. The molecule has 2 N–H and O–H groups in total. The first-order valence-electron chi connectivity index (χ1n) is 5.83. The van der Waals surface area contributed by atoms with Crippen molar-refractivity contribution in [3.63, 3.8) is 0 Å². The van der Waals surface area contributed by atoms with Crippen LogP contribution in [0, 0.1) is 17.8 Å². The lowest BCUT2D eigenvalue weighted by atomic mass is 9.72. The number of rotatable bonds is 0. The van der Waals surface area contributed by atoms with Gasteiger partial charge in [-0.05, 0) is 37.3 Å². The number of allylic oxidation sites excluding steroid dienone is 4. The smallest absolute Gasteiger partial charge is 0.0957 e. The van der Waals surface area contributed by atoms with E-state index in [1.165, 1.54) is 25.0 Å². The van der Waals surface area contributed by atoms with E-state index in [9.17, 15) is 0 Å². The van der Waals surface area contributed by atoms with Crippen LogP contribution >= 0.6 is 0 Å². The lowest BCUT2D eigenvalue weighted by molar-refractivity contribution is 0.0559. The minimum atomic E-state index is 0.496. The second kappa shape index (κ2) is 3.44. The van der Waals surface area contributed by atoms with Gasteiger partial charge in [0, 0.05) is 17.5 Å². The molecule has 0 aromatic heterocycles. The van der Waals surface area contributed by atoms with E-state index in [1.54, 1.807) is 0 Å². The quantitative estimate of drug-likeness (QED) is 0.656. The molecule has 15 heavy (non-hydrogen) atoms. The Morgan fingerprint density at radius 3 is 3.27 bits per heavy atom. The molecule has 2 heteroatoms. The average molecular weight is 203 g/mol. The molecular formula is C13H17NO. The van der Waals surface area contributed by atoms with Crippen LogP contribution in [0.4, 0.5) is 0 Å². The molecule has 0 spiro atoms. The lowest BCUT2D eigenvalue weighted by Gasteiger charge is -2.40. The van der Waals surface area contributed by atoms with Gasteiger partial charge in [0.15, 0.2) is 0 Å². The Kier molecular flexibility index (Phi) is 2.08. The number of nitrogens with two attached hydrogens (primary N) is 1. The van der Waals surface area contributed by atoms with Crippen molar-refractivity contribution >= 4 is 0 Å². The summed E-state index contributed by atoms with van der Waals surface area (Å²) in [5.41, 5.74) is 6.71. The minimum absolute atomic E-state index is 0.496. The Morgan fingerprint density at radius 1 is 1.40 bits per heavy atom. The topological polar surface area (TPSA) is 35.2 Å². The summed E-state index contributed by atoms with van der Waals surface area (Å²) in [5, 5.41) is 0. The molecule has 0 aromatic carbocycles. The van der Waals surface area contributed by atoms with Crippen molar-refractivity contribution < 1.29 is 4.74 Å². The van der Waals surface area contributed by atoms with Gasteiger partial charge in [0.1, 0.15) is 0 Å². The van der Waals surface area contributed by atoms with Crippen LogP contribution in [0.3, 0.4) is 0 Å². The second-order valence-electron chi connectivity index (χ2n) is 4.72. The summed E-state index contributed by atoms with van der Waals surface area (Å²) >= 11 is 0. The number of fused-ring (bicyclic) bond motifs is 3. The van der Waals surface area contributed by atoms with E-state index in [0.717, 1.165) is 12.3 Å². The Morgan fingerprint density at radius 2 is 2.33 bits per heavy atom. The van der Waals surface area contributed by atoms with Crippen molar-refractivity contribution in [3.05, 3.63) is 35.8 Å². The molecule has 0 radical (unpaired) electrons. The van der Waals surface area contributed by atoms with Crippen molar-refractivity contribution in [1.29, 1.82) is 0 Å². The zero-order valence-corrected chi connectivity index (χ0v) is 8.86. The summed E-state index contributed by atoms with van der Waals surface area (Å²) in [4.78, 5) is 0. The van der Waals surface area contributed by atoms with Crippen molar-refractivity contribution in [1.82, 2.24) is 0 Å². The lowest BCUT2D eigenvalue weighted by Crippen LogP contribution is -2.35. The van der Waals surface area contributed by atoms with E-state index >= 15 is 0 Å². The van der Waals surface area contributed by atoms with Gasteiger partial charge in [0.05, 0.1) is 12.4 Å². The highest BCUT2D eigenvalue weighted by atomic mass is 16.5. The normalized spacial score (nSPS) is 38.3. The fourth-order valence-corrected chi connectivity index (χ4v) is 2.99. The minimum Gasteiger partial charge on any atom is -0.497 e. The summed E-state index contributed by atoms with van der Waals surface area (Å²) in [7, 11) is 0. The zero-order chi connectivity index (χ0) is 10.3. The van der Waals surface area contributed by atoms with E-state index < -0.39 is 0 Å². The molecule has 80 valence electrons. The van der Waals surface area contributed by atoms with Gasteiger partial charge in [-0.1, -0.05) is 12.2 Å². The maximum atomic E-state index is 5.83. The first-order valence-corrected chi connectivity index (χ1v) is 5.83. The summed E-state index contributed by atoms with van der Waals surface area (Å²) in [6.45, 7) is 0.804. The standard InChI is InChI=1S/C13H17NO/c14-10-5-6-11-9(7-10)8-15-13-4-2-1-3-12(11)13/h4-7,9,11-12H,1-3,8,14H2. The molecule has 1 fully saturated rings. The fraction of sp³-hybridized carbons (Fsp3) is 0.538. The third kappa shape index (κ3) is 1.48. The summed E-state index contributed by atoms with van der Waals surface area (Å²) in [6, 6.07) is 0. The van der Waals surface area contributed by atoms with Crippen LogP contribution in [-0.4, -0.2) is 6.61 Å². The predicted octanol–water partition coefficient (Wildman–Crippen LogP) is 2.35. The van der Waals surface area contributed by atoms with Gasteiger partial charge >= 0.3 is 0 Å². The second-order valence-corrected chi connectivity index (χ2v) is 4.72. The number of hydrogen-bond acceptors (Lipinski definition) is 2. The van der Waals surface area contributed by atoms with Gasteiger partial charge < -0.3 is 10.5 Å². The SMILES string of the molecule is NC1=CC2COC3=CCCCC3C2C=C1. The van der Waals surface area contributed by atoms with E-state index in [1.807, 2.05) is 0 Å². The van der Waals surface area contributed by atoms with Gasteiger partial charge in [-0.15, -0.1) is 0 Å². The molecule has 3 atom stereocenters. The maximum Gasteiger partial charge on any atom is 0.0957 e. The molecule has 0 amide bonds. The molecule has 0 bridgehead atoms. The van der Waals surface area contributed by atoms with Crippen molar-refractivity contribution in [2.24, 2.45) is 23.5 Å². The third-order valence-corrected chi connectivity index (χ3v) is 3.75. The molecule has 1 heterocycles. The van der Waals surface area contributed by atoms with Crippen LogP contribution in [0.2, 0.25) is 0 Å². The van der Waals surface area contributed by atoms with Gasteiger partial charge in [-0.2, -0.15) is 0 Å². The van der Waals surface area contributed by atoms with Gasteiger partial charge in [0.2, 0.25) is 0 Å². The van der Waals surface area contributed by atoms with Crippen LogP contribution in [0.15, 0.2) is 35.8 Å². The molecule has 3 unspecified atom stereocenters. The molecule has 1 saturated heterocycles. The molecule has 2 nitrogen and oxygen atoms in total. The number of hydrogen-bond donors (Lipinski definition) is 1. The average Bonchev–Trinajstić information content (AvgIpc) is 2.28. The van der Waals surface area contributed by atoms with E-state index in [0.29, 0.717) is 17.8 Å². The summed E-state index contributed by atoms with van der Waals surface area (Å²) in [5.74, 6) is 2.96. The van der Waals surface area contributed by atoms with Crippen LogP contribution in [0.25, 0.3) is 0 Å². The van der Waals surface area contributed by atoms with E-state index in [4.69, 9.17) is 10.5 Å². The Labute approximate surface area is 90.5 Å². The monoisotopic (exact) mass is 203 g/mol. The number of ether oxygens (including phenoxy) is 1. The van der Waals surface area contributed by atoms with Gasteiger partial charge in [-0.3, -0.25) is 0 Å². The highest BCUT2D eigenvalue weighted by Gasteiger charge is 2.37. The first kappa shape index (κ1) is 9.08. The zero-order valence-electron chi connectivity index (χ0n) is 8.86. The molecule has 3 aliphatic rings. The summed E-state index contributed by atoms with van der Waals surface area (Å²) < 4.78 is 5.83. The van der Waals surface area contributed by atoms with Crippen LogP contribution < -0.4 is 5.73 Å². The Balaban J connectivity index is 1.89. The molecule has 0 aromatic rings. The highest BCUT2D eigenvalue weighted by molar-refractivity contribution is 5.26. The molecule has 1 aliphatic heterocycles. The summed E-state index contributed by atoms with van der Waals surface area (Å²) in [6.07, 6.45) is 12.5. The van der Waals surface area contributed by atoms with Crippen molar-refractivity contribution in [2.75, 3.05) is 6.61 Å². The molecule has 0 saturated carbocycles. The molecule has 3 rings (SSSR count). The van der Waals surface area contributed by atoms with Gasteiger partial charge in [0.25, 0.3) is 0 Å². The first-order chi connectivity index (χ1) is 7.34. The maximum absolute atomic E-state index is 5.83. The Bertz CT molecular complexity index is 354. The fourth-order valence-electron chi connectivity index (χ4n) is 2.99. The highest BCUT2D eigenvalue weighted by Crippen LogP contribution is 2.42. The van der Waals surface area contributed by atoms with Crippen molar-refractivity contribution in [3.8, 4) is 0 Å². The largest absolute Gasteiger partial charge is 0.497 e.